The molecule has 0 N–H and O–H groups in total. The van der Waals surface area contributed by atoms with E-state index in [1.165, 1.54) is 17.5 Å². The number of hydrogen-bond donors (Lipinski definition) is 0. The summed E-state index contributed by atoms with van der Waals surface area (Å²) >= 11 is 0. The first-order valence-electron chi connectivity index (χ1n) is 8.01. The van der Waals surface area contributed by atoms with Gasteiger partial charge < -0.3 is 4.74 Å². The molecule has 0 bridgehead atoms. The summed E-state index contributed by atoms with van der Waals surface area (Å²) in [5.41, 5.74) is 2.63. The molecule has 1 aliphatic rings. The molecule has 2 aromatic rings. The van der Waals surface area contributed by atoms with Crippen LogP contribution in [0.1, 0.15) is 30.4 Å². The molecule has 2 unspecified atom stereocenters. The highest BCUT2D eigenvalue weighted by molar-refractivity contribution is 5.30. The fourth-order valence-electron chi connectivity index (χ4n) is 3.54. The summed E-state index contributed by atoms with van der Waals surface area (Å²) in [6.07, 6.45) is 3.00. The van der Waals surface area contributed by atoms with E-state index in [1.807, 2.05) is 6.07 Å². The quantitative estimate of drug-likeness (QED) is 0.860. The first kappa shape index (κ1) is 15.0. The summed E-state index contributed by atoms with van der Waals surface area (Å²) in [4.78, 5) is 6.92. The van der Waals surface area contributed by atoms with Gasteiger partial charge in [-0.1, -0.05) is 43.3 Å². The first-order valence-corrected chi connectivity index (χ1v) is 8.01. The van der Waals surface area contributed by atoms with Crippen molar-refractivity contribution in [2.45, 2.75) is 25.8 Å². The second kappa shape index (κ2) is 6.93. The molecule has 3 nitrogen and oxygen atoms in total. The second-order valence-corrected chi connectivity index (χ2v) is 6.32. The maximum absolute atomic E-state index is 5.46. The molecule has 22 heavy (non-hydrogen) atoms. The van der Waals surface area contributed by atoms with Gasteiger partial charge in [0.05, 0.1) is 7.11 Å². The molecule has 1 aliphatic heterocycles. The van der Waals surface area contributed by atoms with Crippen LogP contribution in [0, 0.1) is 5.92 Å². The Labute approximate surface area is 132 Å². The average Bonchev–Trinajstić information content (AvgIpc) is 2.55. The molecule has 116 valence electrons. The third-order valence-corrected chi connectivity index (χ3v) is 4.42. The first-order chi connectivity index (χ1) is 10.8. The van der Waals surface area contributed by atoms with E-state index in [1.54, 1.807) is 13.3 Å². The van der Waals surface area contributed by atoms with E-state index in [2.05, 4.69) is 53.2 Å². The Kier molecular flexibility index (Phi) is 4.74. The van der Waals surface area contributed by atoms with E-state index in [-0.39, 0.29) is 0 Å². The monoisotopic (exact) mass is 296 g/mol. The summed E-state index contributed by atoms with van der Waals surface area (Å²) in [5.74, 6) is 1.96. The predicted molar refractivity (Wildman–Crippen MR) is 89.0 cm³/mol. The zero-order valence-corrected chi connectivity index (χ0v) is 13.4. The van der Waals surface area contributed by atoms with Crippen molar-refractivity contribution in [1.29, 1.82) is 0 Å². The Morgan fingerprint density at radius 1 is 1.14 bits per heavy atom. The topological polar surface area (TPSA) is 25.4 Å². The fraction of sp³-hybridized carbons (Fsp3) is 0.421. The van der Waals surface area contributed by atoms with Crippen molar-refractivity contribution in [1.82, 2.24) is 9.88 Å². The molecule has 0 aliphatic carbocycles. The molecule has 1 saturated heterocycles. The molecule has 2 heterocycles. The molecule has 0 radical (unpaired) electrons. The van der Waals surface area contributed by atoms with Crippen LogP contribution in [0.5, 0.6) is 5.88 Å². The van der Waals surface area contributed by atoms with Gasteiger partial charge in [-0.3, -0.25) is 4.90 Å². The lowest BCUT2D eigenvalue weighted by molar-refractivity contribution is 0.155. The van der Waals surface area contributed by atoms with Crippen LogP contribution in [0.2, 0.25) is 0 Å². The Morgan fingerprint density at radius 3 is 2.73 bits per heavy atom. The zero-order valence-electron chi connectivity index (χ0n) is 13.4. The summed E-state index contributed by atoms with van der Waals surface area (Å²) < 4.78 is 5.46. The second-order valence-electron chi connectivity index (χ2n) is 6.32. The van der Waals surface area contributed by atoms with Crippen molar-refractivity contribution in [3.05, 3.63) is 59.8 Å². The average molecular weight is 296 g/mol. The highest BCUT2D eigenvalue weighted by Crippen LogP contribution is 2.34. The minimum atomic E-state index is 0.496. The van der Waals surface area contributed by atoms with Gasteiger partial charge in [-0.15, -0.1) is 0 Å². The number of ether oxygens (including phenoxy) is 1. The van der Waals surface area contributed by atoms with E-state index < -0.39 is 0 Å². The maximum atomic E-state index is 5.46. The van der Waals surface area contributed by atoms with Crippen LogP contribution < -0.4 is 4.74 Å². The van der Waals surface area contributed by atoms with Gasteiger partial charge in [-0.2, -0.15) is 0 Å². The Hall–Kier alpha value is -1.87. The predicted octanol–water partition coefficient (Wildman–Crippen LogP) is 3.72. The van der Waals surface area contributed by atoms with Crippen LogP contribution in [0.4, 0.5) is 0 Å². The van der Waals surface area contributed by atoms with Gasteiger partial charge in [-0.05, 0) is 24.0 Å². The number of aromatic nitrogens is 1. The SMILES string of the molecule is COc1ncccc1C1CC(C)CN(Cc2ccccc2)C1. The van der Waals surface area contributed by atoms with Gasteiger partial charge in [0.1, 0.15) is 0 Å². The summed E-state index contributed by atoms with van der Waals surface area (Å²) in [6.45, 7) is 5.59. The zero-order chi connectivity index (χ0) is 15.4. The Balaban J connectivity index is 1.76. The Bertz CT molecular complexity index is 599. The lowest BCUT2D eigenvalue weighted by Crippen LogP contribution is -2.38. The third kappa shape index (κ3) is 3.47. The summed E-state index contributed by atoms with van der Waals surface area (Å²) in [7, 11) is 1.71. The number of pyridine rings is 1. The van der Waals surface area contributed by atoms with Gasteiger partial charge in [0.15, 0.2) is 0 Å². The molecular formula is C19H24N2O. The van der Waals surface area contributed by atoms with Crippen molar-refractivity contribution in [3.63, 3.8) is 0 Å². The highest BCUT2D eigenvalue weighted by atomic mass is 16.5. The molecule has 1 aromatic carbocycles. The van der Waals surface area contributed by atoms with Gasteiger partial charge >= 0.3 is 0 Å². The Morgan fingerprint density at radius 2 is 1.95 bits per heavy atom. The number of likely N-dealkylation sites (tertiary alicyclic amines) is 1. The van der Waals surface area contributed by atoms with Crippen molar-refractivity contribution >= 4 is 0 Å². The lowest BCUT2D eigenvalue weighted by atomic mass is 9.85. The van der Waals surface area contributed by atoms with Gasteiger partial charge in [-0.25, -0.2) is 4.98 Å². The number of piperidine rings is 1. The molecule has 3 rings (SSSR count). The van der Waals surface area contributed by atoms with Gasteiger partial charge in [0, 0.05) is 37.3 Å². The molecule has 2 atom stereocenters. The van der Waals surface area contributed by atoms with Crippen LogP contribution in [0.3, 0.4) is 0 Å². The maximum Gasteiger partial charge on any atom is 0.216 e. The molecule has 0 spiro atoms. The van der Waals surface area contributed by atoms with Crippen molar-refractivity contribution in [2.75, 3.05) is 20.2 Å². The van der Waals surface area contributed by atoms with Crippen LogP contribution in [-0.2, 0) is 6.54 Å². The van der Waals surface area contributed by atoms with E-state index >= 15 is 0 Å². The number of nitrogens with zero attached hydrogens (tertiary/aromatic N) is 2. The van der Waals surface area contributed by atoms with Crippen LogP contribution >= 0.6 is 0 Å². The molecule has 1 fully saturated rings. The summed E-state index contributed by atoms with van der Waals surface area (Å²) in [5, 5.41) is 0. The largest absolute Gasteiger partial charge is 0.481 e. The standard InChI is InChI=1S/C19H24N2O/c1-15-11-17(18-9-6-10-20-19(18)22-2)14-21(12-15)13-16-7-4-3-5-8-16/h3-10,15,17H,11-14H2,1-2H3. The molecule has 0 amide bonds. The van der Waals surface area contributed by atoms with Gasteiger partial charge in [0.25, 0.3) is 0 Å². The number of rotatable bonds is 4. The van der Waals surface area contributed by atoms with Crippen LogP contribution in [0.15, 0.2) is 48.7 Å². The minimum Gasteiger partial charge on any atom is -0.481 e. The van der Waals surface area contributed by atoms with E-state index in [9.17, 15) is 0 Å². The molecule has 3 heteroatoms. The normalized spacial score (nSPS) is 22.5. The van der Waals surface area contributed by atoms with Crippen LogP contribution in [-0.4, -0.2) is 30.1 Å². The van der Waals surface area contributed by atoms with E-state index in [4.69, 9.17) is 4.74 Å². The van der Waals surface area contributed by atoms with E-state index in [0.29, 0.717) is 11.8 Å². The highest BCUT2D eigenvalue weighted by Gasteiger charge is 2.28. The minimum absolute atomic E-state index is 0.496. The summed E-state index contributed by atoms with van der Waals surface area (Å²) in [6, 6.07) is 14.9. The third-order valence-electron chi connectivity index (χ3n) is 4.42. The number of benzene rings is 1. The van der Waals surface area contributed by atoms with Gasteiger partial charge in [0.2, 0.25) is 5.88 Å². The molecular weight excluding hydrogens is 272 g/mol. The molecule has 0 saturated carbocycles. The van der Waals surface area contributed by atoms with E-state index in [0.717, 1.165) is 25.5 Å². The van der Waals surface area contributed by atoms with Crippen molar-refractivity contribution in [3.8, 4) is 5.88 Å². The van der Waals surface area contributed by atoms with Crippen molar-refractivity contribution < 1.29 is 4.74 Å². The van der Waals surface area contributed by atoms with Crippen molar-refractivity contribution in [2.24, 2.45) is 5.92 Å². The molecule has 1 aromatic heterocycles. The fourth-order valence-corrected chi connectivity index (χ4v) is 3.54. The van der Waals surface area contributed by atoms with Crippen LogP contribution in [0.25, 0.3) is 0 Å². The number of hydrogen-bond acceptors (Lipinski definition) is 3. The number of methoxy groups -OCH3 is 1. The smallest absolute Gasteiger partial charge is 0.216 e. The lowest BCUT2D eigenvalue weighted by Gasteiger charge is -2.37.